The summed E-state index contributed by atoms with van der Waals surface area (Å²) >= 11 is 1.51. The highest BCUT2D eigenvalue weighted by atomic mass is 32.1. The predicted molar refractivity (Wildman–Crippen MR) is 99.8 cm³/mol. The third-order valence-corrected chi connectivity index (χ3v) is 5.42. The maximum atomic E-state index is 12.6. The van der Waals surface area contributed by atoms with Crippen LogP contribution in [0, 0.1) is 6.92 Å². The third-order valence-electron chi connectivity index (χ3n) is 4.23. The molecule has 5 heteroatoms. The Bertz CT molecular complexity index is 944. The Morgan fingerprint density at radius 2 is 2.00 bits per heavy atom. The van der Waals surface area contributed by atoms with Crippen LogP contribution in [0.5, 0.6) is 11.5 Å². The molecule has 1 N–H and O–H groups in total. The van der Waals surface area contributed by atoms with Gasteiger partial charge < -0.3 is 14.8 Å². The third kappa shape index (κ3) is 2.87. The molecule has 126 valence electrons. The number of ether oxygens (including phenoxy) is 2. The van der Waals surface area contributed by atoms with Gasteiger partial charge in [0.25, 0.3) is 5.91 Å². The number of anilines is 1. The van der Waals surface area contributed by atoms with Crippen LogP contribution in [0.15, 0.2) is 48.5 Å². The second-order valence-corrected chi connectivity index (χ2v) is 6.94. The van der Waals surface area contributed by atoms with Crippen molar-refractivity contribution in [3.8, 4) is 21.9 Å². The van der Waals surface area contributed by atoms with Gasteiger partial charge in [-0.15, -0.1) is 11.3 Å². The van der Waals surface area contributed by atoms with Gasteiger partial charge in [0.15, 0.2) is 0 Å². The molecule has 2 aromatic carbocycles. The molecule has 0 atom stereocenters. The first-order chi connectivity index (χ1) is 12.2. The summed E-state index contributed by atoms with van der Waals surface area (Å²) in [6, 6.07) is 15.2. The number of nitrogens with one attached hydrogen (secondary N) is 1. The van der Waals surface area contributed by atoms with Crippen molar-refractivity contribution in [2.45, 2.75) is 13.5 Å². The smallest absolute Gasteiger partial charge is 0.265 e. The fraction of sp³-hybridized carbons (Fsp3) is 0.150. The lowest BCUT2D eigenvalue weighted by atomic mass is 10.0. The zero-order valence-corrected chi connectivity index (χ0v) is 14.8. The summed E-state index contributed by atoms with van der Waals surface area (Å²) in [6.07, 6.45) is 0. The van der Waals surface area contributed by atoms with E-state index in [0.717, 1.165) is 38.8 Å². The van der Waals surface area contributed by atoms with Gasteiger partial charge in [-0.25, -0.2) is 0 Å². The molecule has 0 fully saturated rings. The molecule has 1 aromatic heterocycles. The normalized spacial score (nSPS) is 11.9. The van der Waals surface area contributed by atoms with Gasteiger partial charge in [0.1, 0.15) is 18.1 Å². The van der Waals surface area contributed by atoms with Crippen molar-refractivity contribution >= 4 is 22.9 Å². The summed E-state index contributed by atoms with van der Waals surface area (Å²) in [5, 5.41) is 2.93. The number of carbonyl (C=O) groups is 1. The number of methoxy groups -OCH3 is 1. The number of rotatable bonds is 3. The summed E-state index contributed by atoms with van der Waals surface area (Å²) in [5.41, 5.74) is 4.05. The molecule has 0 spiro atoms. The number of thiophene rings is 1. The largest absolute Gasteiger partial charge is 0.497 e. The Balaban J connectivity index is 1.62. The number of carbonyl (C=O) groups excluding carboxylic acids is 1. The second-order valence-electron chi connectivity index (χ2n) is 5.88. The van der Waals surface area contributed by atoms with Gasteiger partial charge in [-0.05, 0) is 48.9 Å². The van der Waals surface area contributed by atoms with Crippen LogP contribution in [0.25, 0.3) is 10.4 Å². The average Bonchev–Trinajstić information content (AvgIpc) is 3.07. The molecule has 0 saturated carbocycles. The molecule has 0 radical (unpaired) electrons. The summed E-state index contributed by atoms with van der Waals surface area (Å²) < 4.78 is 11.0. The Morgan fingerprint density at radius 3 is 2.76 bits per heavy atom. The first-order valence-corrected chi connectivity index (χ1v) is 8.78. The molecule has 4 rings (SSSR count). The van der Waals surface area contributed by atoms with Gasteiger partial charge in [0.05, 0.1) is 12.0 Å². The van der Waals surface area contributed by atoms with Crippen LogP contribution in [-0.2, 0) is 6.61 Å². The molecule has 25 heavy (non-hydrogen) atoms. The molecular weight excluding hydrogens is 334 g/mol. The van der Waals surface area contributed by atoms with E-state index in [0.29, 0.717) is 11.5 Å². The number of amides is 1. The first-order valence-electron chi connectivity index (χ1n) is 7.96. The highest BCUT2D eigenvalue weighted by molar-refractivity contribution is 7.17. The standard InChI is InChI=1S/C20H17NO3S/c1-12-4-3-5-16-18(12)19-13(11-24-16)10-17(25-19)20(22)21-14-6-8-15(23-2)9-7-14/h3-10H,11H2,1-2H3,(H,21,22). The van der Waals surface area contributed by atoms with Crippen LogP contribution in [-0.4, -0.2) is 13.0 Å². The lowest BCUT2D eigenvalue weighted by molar-refractivity contribution is 0.103. The zero-order chi connectivity index (χ0) is 17.4. The number of aryl methyl sites for hydroxylation is 1. The van der Waals surface area contributed by atoms with Crippen molar-refractivity contribution in [3.05, 3.63) is 64.5 Å². The Hall–Kier alpha value is -2.79. The first kappa shape index (κ1) is 15.7. The lowest BCUT2D eigenvalue weighted by Gasteiger charge is -2.19. The van der Waals surface area contributed by atoms with Crippen LogP contribution in [0.4, 0.5) is 5.69 Å². The van der Waals surface area contributed by atoms with Crippen molar-refractivity contribution in [3.63, 3.8) is 0 Å². The van der Waals surface area contributed by atoms with Crippen LogP contribution in [0.2, 0.25) is 0 Å². The van der Waals surface area contributed by atoms with Crippen LogP contribution < -0.4 is 14.8 Å². The van der Waals surface area contributed by atoms with Gasteiger partial charge in [0.2, 0.25) is 0 Å². The molecule has 0 bridgehead atoms. The summed E-state index contributed by atoms with van der Waals surface area (Å²) in [5.74, 6) is 1.53. The van der Waals surface area contributed by atoms with Gasteiger partial charge in [-0.3, -0.25) is 4.79 Å². The minimum absolute atomic E-state index is 0.111. The van der Waals surface area contributed by atoms with E-state index in [4.69, 9.17) is 9.47 Å². The quantitative estimate of drug-likeness (QED) is 0.732. The molecule has 1 aliphatic heterocycles. The topological polar surface area (TPSA) is 47.6 Å². The maximum Gasteiger partial charge on any atom is 0.265 e. The van der Waals surface area contributed by atoms with Crippen molar-refractivity contribution in [2.75, 3.05) is 12.4 Å². The fourth-order valence-corrected chi connectivity index (χ4v) is 4.11. The Kier molecular flexibility index (Phi) is 3.93. The monoisotopic (exact) mass is 351 g/mol. The highest BCUT2D eigenvalue weighted by Gasteiger charge is 2.24. The van der Waals surface area contributed by atoms with E-state index in [9.17, 15) is 4.79 Å². The number of fused-ring (bicyclic) bond motifs is 3. The number of hydrogen-bond acceptors (Lipinski definition) is 4. The van der Waals surface area contributed by atoms with Gasteiger partial charge in [-0.2, -0.15) is 0 Å². The van der Waals surface area contributed by atoms with Gasteiger partial charge in [-0.1, -0.05) is 12.1 Å². The van der Waals surface area contributed by atoms with Gasteiger partial charge in [0, 0.05) is 21.7 Å². The van der Waals surface area contributed by atoms with Crippen LogP contribution in [0.3, 0.4) is 0 Å². The molecule has 1 amide bonds. The summed E-state index contributed by atoms with van der Waals surface area (Å²) in [7, 11) is 1.62. The van der Waals surface area contributed by atoms with E-state index < -0.39 is 0 Å². The van der Waals surface area contributed by atoms with Crippen molar-refractivity contribution in [1.29, 1.82) is 0 Å². The molecular formula is C20H17NO3S. The van der Waals surface area contributed by atoms with E-state index in [2.05, 4.69) is 18.3 Å². The van der Waals surface area contributed by atoms with Crippen LogP contribution >= 0.6 is 11.3 Å². The zero-order valence-electron chi connectivity index (χ0n) is 14.0. The molecule has 3 aromatic rings. The average molecular weight is 351 g/mol. The number of benzene rings is 2. The summed E-state index contributed by atoms with van der Waals surface area (Å²) in [4.78, 5) is 14.4. The summed E-state index contributed by atoms with van der Waals surface area (Å²) in [6.45, 7) is 2.56. The van der Waals surface area contributed by atoms with Crippen molar-refractivity contribution < 1.29 is 14.3 Å². The molecule has 2 heterocycles. The van der Waals surface area contributed by atoms with E-state index in [1.807, 2.05) is 42.5 Å². The van der Waals surface area contributed by atoms with Crippen molar-refractivity contribution in [1.82, 2.24) is 0 Å². The molecule has 0 aliphatic carbocycles. The minimum Gasteiger partial charge on any atom is -0.497 e. The van der Waals surface area contributed by atoms with Crippen molar-refractivity contribution in [2.24, 2.45) is 0 Å². The molecule has 0 unspecified atom stereocenters. The van der Waals surface area contributed by atoms with Gasteiger partial charge >= 0.3 is 0 Å². The Labute approximate surface area is 150 Å². The van der Waals surface area contributed by atoms with E-state index in [1.165, 1.54) is 11.3 Å². The Morgan fingerprint density at radius 1 is 1.20 bits per heavy atom. The number of hydrogen-bond donors (Lipinski definition) is 1. The van der Waals surface area contributed by atoms with E-state index in [-0.39, 0.29) is 5.91 Å². The maximum absolute atomic E-state index is 12.6. The predicted octanol–water partition coefficient (Wildman–Crippen LogP) is 4.88. The SMILES string of the molecule is COc1ccc(NC(=O)c2cc3c(s2)-c2c(C)cccc2OC3)cc1. The minimum atomic E-state index is -0.111. The fourth-order valence-electron chi connectivity index (χ4n) is 2.93. The van der Waals surface area contributed by atoms with E-state index in [1.54, 1.807) is 7.11 Å². The highest BCUT2D eigenvalue weighted by Crippen LogP contribution is 2.44. The molecule has 0 saturated heterocycles. The lowest BCUT2D eigenvalue weighted by Crippen LogP contribution is -2.10. The van der Waals surface area contributed by atoms with E-state index >= 15 is 0 Å². The second kappa shape index (κ2) is 6.26. The van der Waals surface area contributed by atoms with Crippen LogP contribution in [0.1, 0.15) is 20.8 Å². The molecule has 4 nitrogen and oxygen atoms in total. The molecule has 1 aliphatic rings.